The molecule has 0 unspecified atom stereocenters. The zero-order valence-corrected chi connectivity index (χ0v) is 11.9. The van der Waals surface area contributed by atoms with Crippen molar-refractivity contribution in [2.24, 2.45) is 0 Å². The van der Waals surface area contributed by atoms with Crippen LogP contribution in [0.5, 0.6) is 0 Å². The highest BCUT2D eigenvalue weighted by Crippen LogP contribution is 2.18. The van der Waals surface area contributed by atoms with Gasteiger partial charge in [0.05, 0.1) is 17.9 Å². The van der Waals surface area contributed by atoms with Gasteiger partial charge in [-0.2, -0.15) is 0 Å². The van der Waals surface area contributed by atoms with E-state index < -0.39 is 0 Å². The van der Waals surface area contributed by atoms with Gasteiger partial charge in [-0.3, -0.25) is 9.78 Å². The molecule has 1 aromatic heterocycles. The molecule has 0 radical (unpaired) electrons. The van der Waals surface area contributed by atoms with Crippen molar-refractivity contribution in [3.8, 4) is 0 Å². The SMILES string of the molecule is CCCN(CCO)C(=O)c1cnc(C)cc1NCC. The van der Waals surface area contributed by atoms with E-state index in [-0.39, 0.29) is 12.5 Å². The van der Waals surface area contributed by atoms with Crippen LogP contribution in [0.1, 0.15) is 36.3 Å². The second-order valence-electron chi connectivity index (χ2n) is 4.42. The highest BCUT2D eigenvalue weighted by Gasteiger charge is 2.18. The normalized spacial score (nSPS) is 10.3. The van der Waals surface area contributed by atoms with Gasteiger partial charge in [0.1, 0.15) is 0 Å². The number of hydrogen-bond donors (Lipinski definition) is 2. The maximum absolute atomic E-state index is 12.5. The van der Waals surface area contributed by atoms with Gasteiger partial charge in [-0.05, 0) is 26.3 Å². The van der Waals surface area contributed by atoms with E-state index in [0.717, 1.165) is 24.3 Å². The van der Waals surface area contributed by atoms with Crippen molar-refractivity contribution in [1.29, 1.82) is 0 Å². The number of aromatic nitrogens is 1. The number of nitrogens with one attached hydrogen (secondary N) is 1. The zero-order chi connectivity index (χ0) is 14.3. The fourth-order valence-electron chi connectivity index (χ4n) is 1.94. The van der Waals surface area contributed by atoms with E-state index in [4.69, 9.17) is 5.11 Å². The number of aliphatic hydroxyl groups is 1. The van der Waals surface area contributed by atoms with Crippen LogP contribution < -0.4 is 5.32 Å². The number of hydrogen-bond acceptors (Lipinski definition) is 4. The summed E-state index contributed by atoms with van der Waals surface area (Å²) in [6.07, 6.45) is 2.47. The number of pyridine rings is 1. The molecule has 0 saturated heterocycles. The van der Waals surface area contributed by atoms with Crippen LogP contribution >= 0.6 is 0 Å². The molecule has 0 aliphatic carbocycles. The number of carbonyl (C=O) groups is 1. The molecule has 1 amide bonds. The second-order valence-corrected chi connectivity index (χ2v) is 4.42. The Labute approximate surface area is 114 Å². The Hall–Kier alpha value is -1.62. The summed E-state index contributed by atoms with van der Waals surface area (Å²) in [7, 11) is 0. The lowest BCUT2D eigenvalue weighted by molar-refractivity contribution is 0.0722. The van der Waals surface area contributed by atoms with E-state index in [0.29, 0.717) is 18.7 Å². The van der Waals surface area contributed by atoms with Gasteiger partial charge in [0.2, 0.25) is 0 Å². The van der Waals surface area contributed by atoms with E-state index >= 15 is 0 Å². The molecule has 5 nitrogen and oxygen atoms in total. The number of aliphatic hydroxyl groups excluding tert-OH is 1. The van der Waals surface area contributed by atoms with Crippen LogP contribution in [-0.2, 0) is 0 Å². The first kappa shape index (κ1) is 15.4. The Morgan fingerprint density at radius 1 is 1.42 bits per heavy atom. The molecule has 0 saturated carbocycles. The molecule has 0 atom stereocenters. The first-order valence-electron chi connectivity index (χ1n) is 6.74. The second kappa shape index (κ2) is 7.74. The predicted molar refractivity (Wildman–Crippen MR) is 76.4 cm³/mol. The minimum absolute atomic E-state index is 0.0262. The molecule has 1 aromatic rings. The van der Waals surface area contributed by atoms with Gasteiger partial charge in [-0.25, -0.2) is 0 Å². The molecule has 1 heterocycles. The van der Waals surface area contributed by atoms with Gasteiger partial charge in [0.25, 0.3) is 5.91 Å². The minimum Gasteiger partial charge on any atom is -0.395 e. The van der Waals surface area contributed by atoms with Crippen LogP contribution in [0.15, 0.2) is 12.3 Å². The number of rotatable bonds is 7. The number of nitrogens with zero attached hydrogens (tertiary/aromatic N) is 2. The quantitative estimate of drug-likeness (QED) is 0.787. The summed E-state index contributed by atoms with van der Waals surface area (Å²) < 4.78 is 0. The third-order valence-corrected chi connectivity index (χ3v) is 2.79. The Bertz CT molecular complexity index is 415. The lowest BCUT2D eigenvalue weighted by Crippen LogP contribution is -2.34. The molecule has 0 spiro atoms. The monoisotopic (exact) mass is 265 g/mol. The van der Waals surface area contributed by atoms with Crippen LogP contribution in [0.4, 0.5) is 5.69 Å². The molecule has 1 rings (SSSR count). The molecular weight excluding hydrogens is 242 g/mol. The van der Waals surface area contributed by atoms with Gasteiger partial charge in [-0.1, -0.05) is 6.92 Å². The zero-order valence-electron chi connectivity index (χ0n) is 11.9. The van der Waals surface area contributed by atoms with E-state index in [2.05, 4.69) is 10.3 Å². The van der Waals surface area contributed by atoms with Gasteiger partial charge < -0.3 is 15.3 Å². The summed E-state index contributed by atoms with van der Waals surface area (Å²) in [6.45, 7) is 7.61. The number of carbonyl (C=O) groups excluding carboxylic acids is 1. The maximum atomic E-state index is 12.5. The highest BCUT2D eigenvalue weighted by molar-refractivity contribution is 5.99. The highest BCUT2D eigenvalue weighted by atomic mass is 16.3. The van der Waals surface area contributed by atoms with E-state index in [1.807, 2.05) is 26.8 Å². The summed E-state index contributed by atoms with van der Waals surface area (Å²) in [5, 5.41) is 12.2. The standard InChI is InChI=1S/C14H23N3O2/c1-4-6-17(7-8-18)14(19)12-10-16-11(3)9-13(12)15-5-2/h9-10,18H,4-8H2,1-3H3,(H,15,16). The lowest BCUT2D eigenvalue weighted by atomic mass is 10.1. The molecule has 0 bridgehead atoms. The average molecular weight is 265 g/mol. The fourth-order valence-corrected chi connectivity index (χ4v) is 1.94. The molecule has 2 N–H and O–H groups in total. The van der Waals surface area contributed by atoms with Crippen molar-refractivity contribution in [3.63, 3.8) is 0 Å². The third-order valence-electron chi connectivity index (χ3n) is 2.79. The molecule has 0 fully saturated rings. The Balaban J connectivity index is 3.01. The van der Waals surface area contributed by atoms with Gasteiger partial charge >= 0.3 is 0 Å². The van der Waals surface area contributed by atoms with Crippen molar-refractivity contribution in [2.75, 3.05) is 31.6 Å². The van der Waals surface area contributed by atoms with Crippen molar-refractivity contribution >= 4 is 11.6 Å². The fraction of sp³-hybridized carbons (Fsp3) is 0.571. The van der Waals surface area contributed by atoms with Gasteiger partial charge in [-0.15, -0.1) is 0 Å². The molecule has 0 aromatic carbocycles. The molecule has 0 aliphatic rings. The first-order chi connectivity index (χ1) is 9.13. The minimum atomic E-state index is -0.0839. The van der Waals surface area contributed by atoms with E-state index in [1.165, 1.54) is 0 Å². The summed E-state index contributed by atoms with van der Waals surface area (Å²) in [6, 6.07) is 1.87. The van der Waals surface area contributed by atoms with Gasteiger partial charge in [0, 0.05) is 31.5 Å². The summed E-state index contributed by atoms with van der Waals surface area (Å²) in [4.78, 5) is 18.3. The molecule has 0 aliphatic heterocycles. The Kier molecular flexibility index (Phi) is 6.29. The smallest absolute Gasteiger partial charge is 0.257 e. The molecule has 5 heteroatoms. The Morgan fingerprint density at radius 3 is 2.74 bits per heavy atom. The molecule has 106 valence electrons. The summed E-state index contributed by atoms with van der Waals surface area (Å²) >= 11 is 0. The van der Waals surface area contributed by atoms with Gasteiger partial charge in [0.15, 0.2) is 0 Å². The van der Waals surface area contributed by atoms with Crippen LogP contribution in [0.2, 0.25) is 0 Å². The topological polar surface area (TPSA) is 65.5 Å². The largest absolute Gasteiger partial charge is 0.395 e. The summed E-state index contributed by atoms with van der Waals surface area (Å²) in [5.41, 5.74) is 2.24. The van der Waals surface area contributed by atoms with Crippen LogP contribution in [0.25, 0.3) is 0 Å². The van der Waals surface area contributed by atoms with Crippen molar-refractivity contribution in [3.05, 3.63) is 23.5 Å². The average Bonchev–Trinajstić information content (AvgIpc) is 2.38. The van der Waals surface area contributed by atoms with Crippen molar-refractivity contribution in [2.45, 2.75) is 27.2 Å². The first-order valence-corrected chi connectivity index (χ1v) is 6.74. The molecule has 19 heavy (non-hydrogen) atoms. The Morgan fingerprint density at radius 2 is 2.16 bits per heavy atom. The predicted octanol–water partition coefficient (Wildman–Crippen LogP) is 1.67. The lowest BCUT2D eigenvalue weighted by Gasteiger charge is -2.22. The van der Waals surface area contributed by atoms with Crippen LogP contribution in [-0.4, -0.2) is 47.1 Å². The number of amides is 1. The summed E-state index contributed by atoms with van der Waals surface area (Å²) in [5.74, 6) is -0.0839. The van der Waals surface area contributed by atoms with Crippen molar-refractivity contribution in [1.82, 2.24) is 9.88 Å². The molecular formula is C14H23N3O2. The third kappa shape index (κ3) is 4.21. The van der Waals surface area contributed by atoms with E-state index in [1.54, 1.807) is 11.1 Å². The number of aryl methyl sites for hydroxylation is 1. The van der Waals surface area contributed by atoms with Crippen LogP contribution in [0, 0.1) is 6.92 Å². The van der Waals surface area contributed by atoms with Crippen LogP contribution in [0.3, 0.4) is 0 Å². The van der Waals surface area contributed by atoms with E-state index in [9.17, 15) is 4.79 Å². The maximum Gasteiger partial charge on any atom is 0.257 e. The number of anilines is 1. The van der Waals surface area contributed by atoms with Crippen molar-refractivity contribution < 1.29 is 9.90 Å².